The number of benzene rings is 1. The van der Waals surface area contributed by atoms with Crippen molar-refractivity contribution in [1.29, 1.82) is 0 Å². The van der Waals surface area contributed by atoms with Crippen LogP contribution in [-0.4, -0.2) is 23.2 Å². The van der Waals surface area contributed by atoms with Gasteiger partial charge in [0.2, 0.25) is 0 Å². The largest absolute Gasteiger partial charge is 0.497 e. The summed E-state index contributed by atoms with van der Waals surface area (Å²) in [4.78, 5) is 0. The summed E-state index contributed by atoms with van der Waals surface area (Å²) in [6, 6.07) is 7.63. The first-order valence-corrected chi connectivity index (χ1v) is 7.03. The summed E-state index contributed by atoms with van der Waals surface area (Å²) in [7, 11) is 1.64. The van der Waals surface area contributed by atoms with Crippen LogP contribution in [0.3, 0.4) is 0 Å². The lowest BCUT2D eigenvalue weighted by molar-refractivity contribution is 0.203. The number of aliphatic hydroxyl groups is 1. The van der Waals surface area contributed by atoms with Crippen molar-refractivity contribution in [2.45, 2.75) is 32.1 Å². The van der Waals surface area contributed by atoms with Crippen molar-refractivity contribution in [2.75, 3.05) is 12.9 Å². The lowest BCUT2D eigenvalue weighted by Crippen LogP contribution is -2.10. The number of ether oxygens (including phenoxy) is 1. The van der Waals surface area contributed by atoms with Crippen LogP contribution in [-0.2, 0) is 0 Å². The lowest BCUT2D eigenvalue weighted by Gasteiger charge is -2.18. The Kier molecular flexibility index (Phi) is 5.86. The van der Waals surface area contributed by atoms with E-state index < -0.39 is 6.10 Å². The molecule has 1 N–H and O–H groups in total. The van der Waals surface area contributed by atoms with Crippen LogP contribution in [0.4, 0.5) is 0 Å². The average Bonchev–Trinajstić information content (AvgIpc) is 2.35. The molecule has 0 saturated heterocycles. The molecule has 17 heavy (non-hydrogen) atoms. The van der Waals surface area contributed by atoms with Crippen molar-refractivity contribution < 1.29 is 9.84 Å². The van der Waals surface area contributed by atoms with E-state index in [1.54, 1.807) is 7.11 Å². The molecule has 0 aliphatic rings. The summed E-state index contributed by atoms with van der Waals surface area (Å²) in [6.07, 6.45) is -0.420. The molecule has 1 aromatic carbocycles. The number of methoxy groups -OCH3 is 1. The van der Waals surface area contributed by atoms with Gasteiger partial charge in [-0.3, -0.25) is 0 Å². The summed E-state index contributed by atoms with van der Waals surface area (Å²) in [5, 5.41) is 10.7. The van der Waals surface area contributed by atoms with E-state index in [9.17, 15) is 5.11 Å². The Morgan fingerprint density at radius 2 is 2.00 bits per heavy atom. The molecule has 0 spiro atoms. The van der Waals surface area contributed by atoms with Crippen LogP contribution < -0.4 is 4.74 Å². The molecule has 0 aliphatic heterocycles. The zero-order valence-electron chi connectivity index (χ0n) is 11.0. The molecule has 96 valence electrons. The van der Waals surface area contributed by atoms with Crippen molar-refractivity contribution in [3.63, 3.8) is 0 Å². The Balaban J connectivity index is 2.54. The molecule has 1 aromatic rings. The van der Waals surface area contributed by atoms with E-state index in [0.717, 1.165) is 17.1 Å². The van der Waals surface area contributed by atoms with Gasteiger partial charge in [0.15, 0.2) is 0 Å². The van der Waals surface area contributed by atoms with E-state index in [4.69, 9.17) is 4.74 Å². The second kappa shape index (κ2) is 6.92. The van der Waals surface area contributed by atoms with Gasteiger partial charge in [-0.1, -0.05) is 32.9 Å². The van der Waals surface area contributed by atoms with E-state index in [1.807, 2.05) is 36.0 Å². The number of thioether (sulfide) groups is 1. The van der Waals surface area contributed by atoms with Gasteiger partial charge in [-0.15, -0.1) is 0 Å². The topological polar surface area (TPSA) is 29.5 Å². The van der Waals surface area contributed by atoms with Crippen molar-refractivity contribution in [1.82, 2.24) is 0 Å². The first kappa shape index (κ1) is 14.4. The van der Waals surface area contributed by atoms with Crippen molar-refractivity contribution in [3.05, 3.63) is 29.8 Å². The highest BCUT2D eigenvalue weighted by atomic mass is 32.2. The van der Waals surface area contributed by atoms with Crippen LogP contribution in [0.25, 0.3) is 0 Å². The maximum absolute atomic E-state index is 10.1. The minimum Gasteiger partial charge on any atom is -0.497 e. The van der Waals surface area contributed by atoms with Gasteiger partial charge in [-0.25, -0.2) is 0 Å². The second-order valence-corrected chi connectivity index (χ2v) is 5.99. The normalized spacial score (nSPS) is 14.7. The molecule has 0 saturated carbocycles. The van der Waals surface area contributed by atoms with Crippen LogP contribution in [0.2, 0.25) is 0 Å². The number of hydrogen-bond acceptors (Lipinski definition) is 3. The Hall–Kier alpha value is -0.670. The highest BCUT2D eigenvalue weighted by Gasteiger charge is 2.13. The van der Waals surface area contributed by atoms with Gasteiger partial charge in [-0.2, -0.15) is 11.8 Å². The minimum atomic E-state index is -0.420. The average molecular weight is 254 g/mol. The number of hydrogen-bond donors (Lipinski definition) is 1. The summed E-state index contributed by atoms with van der Waals surface area (Å²) in [6.45, 7) is 6.61. The lowest BCUT2D eigenvalue weighted by atomic mass is 10.1. The molecule has 3 heteroatoms. The molecule has 2 unspecified atom stereocenters. The van der Waals surface area contributed by atoms with Crippen molar-refractivity contribution in [2.24, 2.45) is 5.92 Å². The van der Waals surface area contributed by atoms with Gasteiger partial charge in [0.05, 0.1) is 13.2 Å². The van der Waals surface area contributed by atoms with Crippen molar-refractivity contribution in [3.8, 4) is 5.75 Å². The third-order valence-electron chi connectivity index (χ3n) is 2.93. The standard InChI is InChI=1S/C14H22O2S/c1-10(2)11(3)17-9-14(15)12-6-5-7-13(8-12)16-4/h5-8,10-11,14-15H,9H2,1-4H3. The highest BCUT2D eigenvalue weighted by Crippen LogP contribution is 2.26. The van der Waals surface area contributed by atoms with Crippen molar-refractivity contribution >= 4 is 11.8 Å². The van der Waals surface area contributed by atoms with Gasteiger partial charge >= 0.3 is 0 Å². The Morgan fingerprint density at radius 3 is 2.59 bits per heavy atom. The van der Waals surface area contributed by atoms with E-state index >= 15 is 0 Å². The summed E-state index contributed by atoms with van der Waals surface area (Å²) in [5.74, 6) is 2.16. The molecule has 0 aromatic heterocycles. The predicted octanol–water partition coefficient (Wildman–Crippen LogP) is 3.51. The molecule has 0 heterocycles. The molecule has 0 bridgehead atoms. The third-order valence-corrected chi connectivity index (χ3v) is 4.51. The minimum absolute atomic E-state index is 0.420. The Morgan fingerprint density at radius 1 is 1.29 bits per heavy atom. The molecule has 0 aliphatic carbocycles. The van der Waals surface area contributed by atoms with Crippen LogP contribution in [0, 0.1) is 5.92 Å². The van der Waals surface area contributed by atoms with Gasteiger partial charge in [0.1, 0.15) is 5.75 Å². The molecule has 2 atom stereocenters. The fourth-order valence-electron chi connectivity index (χ4n) is 1.38. The maximum Gasteiger partial charge on any atom is 0.119 e. The second-order valence-electron chi connectivity index (χ2n) is 4.57. The number of aliphatic hydroxyl groups excluding tert-OH is 1. The smallest absolute Gasteiger partial charge is 0.119 e. The molecule has 0 radical (unpaired) electrons. The fourth-order valence-corrected chi connectivity index (χ4v) is 2.44. The first-order valence-electron chi connectivity index (χ1n) is 5.98. The third kappa shape index (κ3) is 4.60. The summed E-state index contributed by atoms with van der Waals surface area (Å²) >= 11 is 1.81. The first-order chi connectivity index (χ1) is 8.04. The monoisotopic (exact) mass is 254 g/mol. The molecular weight excluding hydrogens is 232 g/mol. The summed E-state index contributed by atoms with van der Waals surface area (Å²) in [5.41, 5.74) is 0.924. The zero-order chi connectivity index (χ0) is 12.8. The van der Waals surface area contributed by atoms with Crippen LogP contribution in [0.5, 0.6) is 5.75 Å². The molecular formula is C14H22O2S. The molecule has 2 nitrogen and oxygen atoms in total. The van der Waals surface area contributed by atoms with E-state index in [0.29, 0.717) is 11.2 Å². The highest BCUT2D eigenvalue weighted by molar-refractivity contribution is 7.99. The summed E-state index contributed by atoms with van der Waals surface area (Å²) < 4.78 is 5.15. The molecule has 0 amide bonds. The van der Waals surface area contributed by atoms with E-state index in [2.05, 4.69) is 20.8 Å². The van der Waals surface area contributed by atoms with Crippen LogP contribution in [0.15, 0.2) is 24.3 Å². The van der Waals surface area contributed by atoms with Gasteiger partial charge in [0.25, 0.3) is 0 Å². The molecule has 1 rings (SSSR count). The van der Waals surface area contributed by atoms with Crippen LogP contribution in [0.1, 0.15) is 32.4 Å². The number of rotatable bonds is 6. The SMILES string of the molecule is COc1cccc(C(O)CSC(C)C(C)C)c1. The maximum atomic E-state index is 10.1. The molecule has 0 fully saturated rings. The zero-order valence-corrected chi connectivity index (χ0v) is 11.8. The van der Waals surface area contributed by atoms with Gasteiger partial charge < -0.3 is 9.84 Å². The Bertz CT molecular complexity index is 339. The fraction of sp³-hybridized carbons (Fsp3) is 0.571. The van der Waals surface area contributed by atoms with Crippen LogP contribution >= 0.6 is 11.8 Å². The van der Waals surface area contributed by atoms with Gasteiger partial charge in [0, 0.05) is 11.0 Å². The predicted molar refractivity (Wildman–Crippen MR) is 74.7 cm³/mol. The quantitative estimate of drug-likeness (QED) is 0.842. The van der Waals surface area contributed by atoms with E-state index in [-0.39, 0.29) is 0 Å². The Labute approximate surface area is 108 Å². The van der Waals surface area contributed by atoms with Gasteiger partial charge in [-0.05, 0) is 23.6 Å². The van der Waals surface area contributed by atoms with E-state index in [1.165, 1.54) is 0 Å².